The minimum absolute atomic E-state index is 0. The van der Waals surface area contributed by atoms with Crippen molar-refractivity contribution in [1.29, 1.82) is 0 Å². The van der Waals surface area contributed by atoms with Crippen LogP contribution < -0.4 is 30.9 Å². The van der Waals surface area contributed by atoms with Crippen LogP contribution in [0, 0.1) is 0 Å². The van der Waals surface area contributed by atoms with Crippen molar-refractivity contribution in [3.05, 3.63) is 216 Å². The quantitative estimate of drug-likeness (QED) is 0.0283. The molecule has 3 aromatic heterocycles. The van der Waals surface area contributed by atoms with Crippen molar-refractivity contribution in [3.63, 3.8) is 0 Å². The van der Waals surface area contributed by atoms with Gasteiger partial charge in [-0.25, -0.2) is 13.7 Å². The zero-order valence-electron chi connectivity index (χ0n) is 66.5. The van der Waals surface area contributed by atoms with Crippen LogP contribution in [0.3, 0.4) is 0 Å². The third-order valence-corrected chi connectivity index (χ3v) is 12.5. The van der Waals surface area contributed by atoms with E-state index in [9.17, 15) is 0 Å². The van der Waals surface area contributed by atoms with Gasteiger partial charge in [0, 0.05) is 111 Å². The Morgan fingerprint density at radius 2 is 0.446 bits per heavy atom. The van der Waals surface area contributed by atoms with E-state index in [-0.39, 0.29) is 32.7 Å². The van der Waals surface area contributed by atoms with Crippen molar-refractivity contribution in [2.75, 3.05) is 34.5 Å². The van der Waals surface area contributed by atoms with Crippen LogP contribution in [0.5, 0.6) is 0 Å². The van der Waals surface area contributed by atoms with Gasteiger partial charge in [-0.3, -0.25) is 0 Å². The van der Waals surface area contributed by atoms with Crippen molar-refractivity contribution in [2.24, 2.45) is 0 Å². The van der Waals surface area contributed by atoms with Gasteiger partial charge >= 0.3 is 0 Å². The van der Waals surface area contributed by atoms with Crippen molar-refractivity contribution >= 4 is 51.3 Å². The van der Waals surface area contributed by atoms with Gasteiger partial charge in [-0.05, 0) is 126 Å². The molecule has 0 unspecified atom stereocenters. The van der Waals surface area contributed by atoms with Gasteiger partial charge in [0.15, 0.2) is 37.2 Å². The number of anilines is 3. The summed E-state index contributed by atoms with van der Waals surface area (Å²) in [6, 6.07) is 47.0. The predicted octanol–water partition coefficient (Wildman–Crippen LogP) is 26.0. The second-order valence-corrected chi connectivity index (χ2v) is 21.5. The Morgan fingerprint density at radius 3 is 0.576 bits per heavy atom. The van der Waals surface area contributed by atoms with E-state index in [1.165, 1.54) is 70.6 Å². The molecule has 0 aliphatic heterocycles. The summed E-state index contributed by atoms with van der Waals surface area (Å²) in [5.41, 5.74) is 27.1. The predicted molar refractivity (Wildman–Crippen MR) is 435 cm³/mol. The van der Waals surface area contributed by atoms with E-state index in [1.807, 2.05) is 242 Å². The van der Waals surface area contributed by atoms with Gasteiger partial charge in [-0.1, -0.05) is 279 Å². The van der Waals surface area contributed by atoms with Crippen LogP contribution in [0.1, 0.15) is 254 Å². The normalized spacial score (nSPS) is 7.79. The van der Waals surface area contributed by atoms with E-state index in [0.29, 0.717) is 0 Å². The number of benzene rings is 3. The second kappa shape index (κ2) is 114. The number of hydrogen-bond acceptors (Lipinski definition) is 6. The first kappa shape index (κ1) is 118. The molecular weight excluding hydrogens is 1250 g/mol. The first-order chi connectivity index (χ1) is 43.8. The molecule has 92 heavy (non-hydrogen) atoms. The standard InChI is InChI=1S/C16H22N2S2.C8H11NS.3C6H7N.3C6H12.2C3H8.8C2H6.Y/c1-3-9-17(10-4-1)13-7-15-19-20-16-8-14-18-11-5-2-6-12-18;10-8-4-7-9-5-2-1-3-6-9;3*7-6-4-2-1-3-5-6;3*1-5(2)6(3)4;2*1-3-2;8*1-2;/h1-6,9-12H,7-8,13-16H2;1-3,5-6H,4,7-8H2;3*1-5H,7H2;3*1-4H3;2*3H2,1-2H3;8*1-2H3;/q+2;;;;;;;;;;;;;;;;;;. The maximum atomic E-state index is 5.36. The summed E-state index contributed by atoms with van der Waals surface area (Å²) < 4.78 is 6.64. The number of aromatic nitrogens is 3. The maximum Gasteiger partial charge on any atom is 0.168 e. The Bertz CT molecular complexity index is 1940. The van der Waals surface area contributed by atoms with E-state index in [0.717, 1.165) is 48.9 Å². The number of para-hydroxylation sites is 3. The molecule has 0 amide bonds. The fourth-order valence-corrected chi connectivity index (χ4v) is 6.36. The summed E-state index contributed by atoms with van der Waals surface area (Å²) in [5.74, 6) is 3.30. The molecule has 531 valence electrons. The molecule has 0 aliphatic rings. The topological polar surface area (TPSA) is 89.7 Å². The number of allylic oxidation sites excluding steroid dienone is 6. The molecule has 0 saturated carbocycles. The van der Waals surface area contributed by atoms with Gasteiger partial charge in [0.1, 0.15) is 19.6 Å². The van der Waals surface area contributed by atoms with Crippen LogP contribution in [0.4, 0.5) is 17.1 Å². The largest absolute Gasteiger partial charge is 0.792 e. The molecule has 10 heteroatoms. The van der Waals surface area contributed by atoms with Crippen LogP contribution in [0.25, 0.3) is 0 Å². The molecule has 0 fully saturated rings. The fraction of sp³-hybridized carbons (Fsp3) is 0.524. The molecule has 6 N–H and O–H groups in total. The molecule has 0 atom stereocenters. The molecule has 0 bridgehead atoms. The third-order valence-electron chi connectivity index (χ3n) is 9.66. The van der Waals surface area contributed by atoms with Crippen LogP contribution in [0.2, 0.25) is 0 Å². The van der Waals surface area contributed by atoms with Gasteiger partial charge in [-0.15, -0.1) is 0 Å². The van der Waals surface area contributed by atoms with Crippen molar-refractivity contribution in [2.45, 2.75) is 273 Å². The Kier molecular flexibility index (Phi) is 147. The van der Waals surface area contributed by atoms with E-state index in [1.54, 1.807) is 0 Å². The molecule has 6 nitrogen and oxygen atoms in total. The number of nitrogens with two attached hydrogens (primary N) is 3. The van der Waals surface area contributed by atoms with Gasteiger partial charge in [0.05, 0.1) is 0 Å². The average molecular weight is 1410 g/mol. The number of nitrogen functional groups attached to an aromatic ring is 3. The average Bonchev–Trinajstić information content (AvgIpc) is 3.78. The number of pyridine rings is 3. The SMILES string of the molecule is CC.CC.CC.CC.CC.CC.CC.CC.CC(C)=C(C)C.CC(C)=C(C)C.CC(C)=C(C)C.CCC.CCC.Nc1ccccc1.Nc1ccccc1.Nc1ccccc1.[S-]CCC[n+]1ccccc1.[Y].c1cc[n+](CCCSSCCC[n+]2ccccc2)cc1. The number of rotatable bonds is 12. The molecule has 0 spiro atoms. The smallest absolute Gasteiger partial charge is 0.168 e. The number of nitrogens with zero attached hydrogens (tertiary/aromatic N) is 3. The Morgan fingerprint density at radius 1 is 0.293 bits per heavy atom. The molecule has 3 heterocycles. The molecule has 6 rings (SSSR count). The maximum absolute atomic E-state index is 5.36. The summed E-state index contributed by atoms with van der Waals surface area (Å²) in [5, 5.41) is 0. The second-order valence-electron chi connectivity index (χ2n) is 18.4. The van der Waals surface area contributed by atoms with Crippen LogP contribution in [0.15, 0.2) is 216 Å². The first-order valence-electron chi connectivity index (χ1n) is 34.7. The zero-order chi connectivity index (χ0) is 73.3. The van der Waals surface area contributed by atoms with E-state index >= 15 is 0 Å². The van der Waals surface area contributed by atoms with Crippen LogP contribution in [-0.2, 0) is 65.0 Å². The molecule has 3 aromatic carbocycles. The summed E-state index contributed by atoms with van der Waals surface area (Å²) in [6.07, 6.45) is 18.7. The van der Waals surface area contributed by atoms with Crippen molar-refractivity contribution in [3.8, 4) is 0 Å². The molecular formula is C82H154N6S3Y+2. The third kappa shape index (κ3) is 123. The van der Waals surface area contributed by atoms with Gasteiger partial charge in [0.2, 0.25) is 0 Å². The fourth-order valence-electron chi connectivity index (χ4n) is 4.09. The summed E-state index contributed by atoms with van der Waals surface area (Å²) >= 11 is 4.84. The monoisotopic (exact) mass is 1410 g/mol. The first-order valence-corrected chi connectivity index (χ1v) is 37.8. The summed E-state index contributed by atoms with van der Waals surface area (Å²) in [6.45, 7) is 69.2. The van der Waals surface area contributed by atoms with Gasteiger partial charge in [-0.2, -0.15) is 5.75 Å². The van der Waals surface area contributed by atoms with Crippen LogP contribution >= 0.6 is 21.6 Å². The number of hydrogen-bond donors (Lipinski definition) is 3. The Balaban J connectivity index is -0.0000000696. The van der Waals surface area contributed by atoms with Crippen LogP contribution in [-0.4, -0.2) is 17.3 Å². The number of aryl methyl sites for hydroxylation is 3. The van der Waals surface area contributed by atoms with Crippen molar-refractivity contribution in [1.82, 2.24) is 0 Å². The van der Waals surface area contributed by atoms with E-state index in [2.05, 4.69) is 198 Å². The van der Waals surface area contributed by atoms with Gasteiger partial charge < -0.3 is 29.8 Å². The van der Waals surface area contributed by atoms with E-state index < -0.39 is 0 Å². The minimum Gasteiger partial charge on any atom is -0.792 e. The minimum atomic E-state index is 0. The molecule has 0 aliphatic carbocycles. The molecule has 6 aromatic rings. The Hall–Kier alpha value is -4.12. The van der Waals surface area contributed by atoms with E-state index in [4.69, 9.17) is 29.8 Å². The molecule has 0 saturated heterocycles. The summed E-state index contributed by atoms with van der Waals surface area (Å²) in [4.78, 5) is 0. The van der Waals surface area contributed by atoms with Gasteiger partial charge in [0.25, 0.3) is 0 Å². The zero-order valence-corrected chi connectivity index (χ0v) is 71.8. The van der Waals surface area contributed by atoms with Crippen molar-refractivity contribution < 1.29 is 46.4 Å². The summed E-state index contributed by atoms with van der Waals surface area (Å²) in [7, 11) is 4.00. The molecule has 1 radical (unpaired) electrons. The Labute approximate surface area is 616 Å².